The first kappa shape index (κ1) is 14.6. The maximum absolute atomic E-state index is 11.1. The van der Waals surface area contributed by atoms with Gasteiger partial charge in [0, 0.05) is 18.8 Å². The average Bonchev–Trinajstić information content (AvgIpc) is 2.30. The van der Waals surface area contributed by atoms with E-state index in [1.54, 1.807) is 6.07 Å². The molecule has 0 aliphatic rings. The molecule has 18 heavy (non-hydrogen) atoms. The number of halogens is 1. The summed E-state index contributed by atoms with van der Waals surface area (Å²) >= 11 is 6.01. The summed E-state index contributed by atoms with van der Waals surface area (Å²) < 4.78 is 0. The van der Waals surface area contributed by atoms with Crippen molar-refractivity contribution < 1.29 is 9.90 Å². The molecule has 0 spiro atoms. The molecule has 0 bridgehead atoms. The fourth-order valence-electron chi connectivity index (χ4n) is 1.51. The van der Waals surface area contributed by atoms with E-state index in [1.165, 1.54) is 6.07 Å². The molecule has 0 fully saturated rings. The summed E-state index contributed by atoms with van der Waals surface area (Å²) in [4.78, 5) is 13.2. The van der Waals surface area contributed by atoms with E-state index in [2.05, 4.69) is 17.1 Å². The SMILES string of the molecule is CCN(C)CCNc1c(Cl)cc(N)cc1C(=O)O. The summed E-state index contributed by atoms with van der Waals surface area (Å²) in [6.45, 7) is 4.41. The van der Waals surface area contributed by atoms with Gasteiger partial charge in [-0.3, -0.25) is 0 Å². The van der Waals surface area contributed by atoms with Crippen LogP contribution in [0, 0.1) is 0 Å². The number of hydrogen-bond donors (Lipinski definition) is 3. The molecule has 0 aliphatic carbocycles. The maximum atomic E-state index is 11.1. The highest BCUT2D eigenvalue weighted by molar-refractivity contribution is 6.34. The van der Waals surface area contributed by atoms with Crippen LogP contribution in [0.2, 0.25) is 5.02 Å². The van der Waals surface area contributed by atoms with Gasteiger partial charge in [0.05, 0.1) is 16.3 Å². The van der Waals surface area contributed by atoms with E-state index in [1.807, 2.05) is 7.05 Å². The Balaban J connectivity index is 2.84. The second kappa shape index (κ2) is 6.47. The van der Waals surface area contributed by atoms with Gasteiger partial charge in [0.1, 0.15) is 0 Å². The summed E-state index contributed by atoms with van der Waals surface area (Å²) in [5, 5.41) is 12.5. The van der Waals surface area contributed by atoms with Crippen molar-refractivity contribution in [2.24, 2.45) is 0 Å². The van der Waals surface area contributed by atoms with Gasteiger partial charge in [0.2, 0.25) is 0 Å². The lowest BCUT2D eigenvalue weighted by molar-refractivity contribution is 0.0698. The second-order valence-electron chi connectivity index (χ2n) is 4.05. The molecular formula is C12H18ClN3O2. The predicted molar refractivity (Wildman–Crippen MR) is 74.5 cm³/mol. The van der Waals surface area contributed by atoms with Gasteiger partial charge in [-0.15, -0.1) is 0 Å². The third-order valence-corrected chi connectivity index (χ3v) is 2.98. The lowest BCUT2D eigenvalue weighted by Gasteiger charge is -2.16. The highest BCUT2D eigenvalue weighted by Crippen LogP contribution is 2.29. The zero-order valence-electron chi connectivity index (χ0n) is 10.5. The van der Waals surface area contributed by atoms with Gasteiger partial charge in [-0.25, -0.2) is 4.79 Å². The highest BCUT2D eigenvalue weighted by Gasteiger charge is 2.14. The molecule has 4 N–H and O–H groups in total. The Morgan fingerprint density at radius 2 is 2.22 bits per heavy atom. The van der Waals surface area contributed by atoms with Crippen molar-refractivity contribution in [3.63, 3.8) is 0 Å². The molecule has 5 nitrogen and oxygen atoms in total. The van der Waals surface area contributed by atoms with Gasteiger partial charge in [0.25, 0.3) is 0 Å². The van der Waals surface area contributed by atoms with E-state index in [-0.39, 0.29) is 5.56 Å². The first-order valence-corrected chi connectivity index (χ1v) is 6.08. The number of nitrogens with two attached hydrogens (primary N) is 1. The minimum Gasteiger partial charge on any atom is -0.478 e. The number of nitrogens with one attached hydrogen (secondary N) is 1. The number of carboxylic acid groups (broad SMARTS) is 1. The first-order valence-electron chi connectivity index (χ1n) is 5.70. The summed E-state index contributed by atoms with van der Waals surface area (Å²) in [7, 11) is 1.99. The van der Waals surface area contributed by atoms with Gasteiger partial charge in [-0.2, -0.15) is 0 Å². The molecule has 0 aromatic heterocycles. The summed E-state index contributed by atoms with van der Waals surface area (Å²) in [6.07, 6.45) is 0. The summed E-state index contributed by atoms with van der Waals surface area (Å²) in [5.41, 5.74) is 6.44. The quantitative estimate of drug-likeness (QED) is 0.690. The van der Waals surface area contributed by atoms with Crippen molar-refractivity contribution in [1.82, 2.24) is 4.90 Å². The van der Waals surface area contributed by atoms with E-state index < -0.39 is 5.97 Å². The number of carbonyl (C=O) groups is 1. The number of likely N-dealkylation sites (N-methyl/N-ethyl adjacent to an activating group) is 1. The van der Waals surface area contributed by atoms with Crippen LogP contribution in [0.15, 0.2) is 12.1 Å². The molecule has 0 aliphatic heterocycles. The third kappa shape index (κ3) is 3.78. The Kier molecular flexibility index (Phi) is 5.25. The van der Waals surface area contributed by atoms with Crippen LogP contribution in [0.3, 0.4) is 0 Å². The van der Waals surface area contributed by atoms with Gasteiger partial charge in [-0.1, -0.05) is 18.5 Å². The van der Waals surface area contributed by atoms with Crippen LogP contribution in [0.1, 0.15) is 17.3 Å². The predicted octanol–water partition coefficient (Wildman–Crippen LogP) is 1.98. The number of carboxylic acids is 1. The third-order valence-electron chi connectivity index (χ3n) is 2.68. The molecule has 0 amide bonds. The highest BCUT2D eigenvalue weighted by atomic mass is 35.5. The number of rotatable bonds is 6. The van der Waals surface area contributed by atoms with Gasteiger partial charge < -0.3 is 21.1 Å². The fourth-order valence-corrected chi connectivity index (χ4v) is 1.80. The molecule has 0 atom stereocenters. The van der Waals surface area contributed by atoms with Crippen molar-refractivity contribution in [2.45, 2.75) is 6.92 Å². The van der Waals surface area contributed by atoms with E-state index in [0.717, 1.165) is 13.1 Å². The molecule has 0 saturated heterocycles. The Bertz CT molecular complexity index is 438. The molecule has 1 aromatic carbocycles. The molecule has 1 aromatic rings. The van der Waals surface area contributed by atoms with Crippen LogP contribution >= 0.6 is 11.6 Å². The number of benzene rings is 1. The van der Waals surface area contributed by atoms with Crippen LogP contribution in [0.25, 0.3) is 0 Å². The summed E-state index contributed by atoms with van der Waals surface area (Å²) in [6, 6.07) is 2.94. The Hall–Kier alpha value is -1.46. The number of hydrogen-bond acceptors (Lipinski definition) is 4. The number of anilines is 2. The fraction of sp³-hybridized carbons (Fsp3) is 0.417. The van der Waals surface area contributed by atoms with Gasteiger partial charge in [-0.05, 0) is 25.7 Å². The minimum atomic E-state index is -1.05. The van der Waals surface area contributed by atoms with Crippen LogP contribution < -0.4 is 11.1 Å². The zero-order valence-corrected chi connectivity index (χ0v) is 11.3. The van der Waals surface area contributed by atoms with Crippen LogP contribution in [-0.4, -0.2) is 42.7 Å². The lowest BCUT2D eigenvalue weighted by Crippen LogP contribution is -2.25. The molecule has 0 saturated carbocycles. The lowest BCUT2D eigenvalue weighted by atomic mass is 10.1. The van der Waals surface area contributed by atoms with Crippen LogP contribution in [0.5, 0.6) is 0 Å². The maximum Gasteiger partial charge on any atom is 0.337 e. The van der Waals surface area contributed by atoms with E-state index in [4.69, 9.17) is 22.4 Å². The Morgan fingerprint density at radius 3 is 2.78 bits per heavy atom. The molecule has 100 valence electrons. The molecule has 0 unspecified atom stereocenters. The Labute approximate surface area is 112 Å². The largest absolute Gasteiger partial charge is 0.478 e. The molecule has 6 heteroatoms. The van der Waals surface area contributed by atoms with Crippen molar-refractivity contribution in [2.75, 3.05) is 37.7 Å². The van der Waals surface area contributed by atoms with Crippen molar-refractivity contribution in [1.29, 1.82) is 0 Å². The average molecular weight is 272 g/mol. The normalized spacial score (nSPS) is 10.7. The monoisotopic (exact) mass is 271 g/mol. The van der Waals surface area contributed by atoms with E-state index >= 15 is 0 Å². The van der Waals surface area contributed by atoms with Crippen molar-refractivity contribution >= 4 is 28.9 Å². The van der Waals surface area contributed by atoms with E-state index in [9.17, 15) is 4.79 Å². The smallest absolute Gasteiger partial charge is 0.337 e. The zero-order chi connectivity index (χ0) is 13.7. The molecular weight excluding hydrogens is 254 g/mol. The van der Waals surface area contributed by atoms with Crippen LogP contribution in [-0.2, 0) is 0 Å². The topological polar surface area (TPSA) is 78.6 Å². The second-order valence-corrected chi connectivity index (χ2v) is 4.46. The van der Waals surface area contributed by atoms with Crippen molar-refractivity contribution in [3.05, 3.63) is 22.7 Å². The number of nitrogens with zero attached hydrogens (tertiary/aromatic N) is 1. The summed E-state index contributed by atoms with van der Waals surface area (Å²) in [5.74, 6) is -1.05. The van der Waals surface area contributed by atoms with Crippen LogP contribution in [0.4, 0.5) is 11.4 Å². The molecule has 0 radical (unpaired) electrons. The number of nitrogen functional groups attached to an aromatic ring is 1. The molecule has 0 heterocycles. The Morgan fingerprint density at radius 1 is 1.56 bits per heavy atom. The minimum absolute atomic E-state index is 0.0964. The first-order chi connectivity index (χ1) is 8.45. The standard InChI is InChI=1S/C12H18ClN3O2/c1-3-16(2)5-4-15-11-9(12(17)18)6-8(14)7-10(11)13/h6-7,15H,3-5,14H2,1-2H3,(H,17,18). The van der Waals surface area contributed by atoms with Gasteiger partial charge >= 0.3 is 5.97 Å². The molecule has 1 rings (SSSR count). The number of aromatic carboxylic acids is 1. The van der Waals surface area contributed by atoms with E-state index in [0.29, 0.717) is 22.9 Å². The van der Waals surface area contributed by atoms with Crippen molar-refractivity contribution in [3.8, 4) is 0 Å². The van der Waals surface area contributed by atoms with Gasteiger partial charge in [0.15, 0.2) is 0 Å².